The third kappa shape index (κ3) is 3.49. The van der Waals surface area contributed by atoms with Crippen LogP contribution in [0.2, 0.25) is 0 Å². The Balaban J connectivity index is 3.05. The van der Waals surface area contributed by atoms with E-state index in [0.717, 1.165) is 12.8 Å². The third-order valence-electron chi connectivity index (χ3n) is 2.91. The van der Waals surface area contributed by atoms with Gasteiger partial charge in [-0.05, 0) is 18.8 Å². The van der Waals surface area contributed by atoms with E-state index in [-0.39, 0.29) is 17.4 Å². The lowest BCUT2D eigenvalue weighted by Gasteiger charge is -2.11. The largest absolute Gasteiger partial charge is 0.493 e. The molecule has 0 bridgehead atoms. The van der Waals surface area contributed by atoms with Crippen LogP contribution in [0.1, 0.15) is 52.0 Å². The van der Waals surface area contributed by atoms with E-state index in [1.807, 2.05) is 13.8 Å². The summed E-state index contributed by atoms with van der Waals surface area (Å²) in [4.78, 5) is 18.6. The van der Waals surface area contributed by atoms with Gasteiger partial charge in [0, 0.05) is 5.25 Å². The molecule has 96 valence electrons. The highest BCUT2D eigenvalue weighted by Crippen LogP contribution is 2.26. The van der Waals surface area contributed by atoms with Crippen LogP contribution in [-0.2, 0) is 0 Å². The molecule has 2 N–H and O–H groups in total. The minimum atomic E-state index is -0.224. The maximum atomic E-state index is 11.9. The van der Waals surface area contributed by atoms with Gasteiger partial charge in [0.05, 0.1) is 5.56 Å². The van der Waals surface area contributed by atoms with Gasteiger partial charge in [-0.3, -0.25) is 4.79 Å². The minimum absolute atomic E-state index is 0.0221. The van der Waals surface area contributed by atoms with Gasteiger partial charge in [-0.15, -0.1) is 0 Å². The highest BCUT2D eigenvalue weighted by molar-refractivity contribution is 7.99. The van der Waals surface area contributed by atoms with Crippen molar-refractivity contribution in [1.29, 1.82) is 0 Å². The zero-order valence-electron chi connectivity index (χ0n) is 10.8. The first-order chi connectivity index (χ1) is 7.99. The molecule has 0 aliphatic carbocycles. The van der Waals surface area contributed by atoms with Crippen LogP contribution >= 0.6 is 11.8 Å². The van der Waals surface area contributed by atoms with Gasteiger partial charge in [-0.2, -0.15) is 4.98 Å². The molecule has 0 saturated carbocycles. The van der Waals surface area contributed by atoms with Gasteiger partial charge in [-0.1, -0.05) is 39.5 Å². The Bertz CT molecular complexity index is 431. The Kier molecular flexibility index (Phi) is 5.05. The van der Waals surface area contributed by atoms with Crippen LogP contribution in [0.25, 0.3) is 0 Å². The van der Waals surface area contributed by atoms with Crippen LogP contribution in [-0.4, -0.2) is 20.3 Å². The zero-order valence-corrected chi connectivity index (χ0v) is 11.6. The summed E-state index contributed by atoms with van der Waals surface area (Å²) in [6.07, 6.45) is 1.79. The van der Waals surface area contributed by atoms with Crippen LogP contribution < -0.4 is 5.56 Å². The van der Waals surface area contributed by atoms with E-state index in [1.54, 1.807) is 0 Å². The fraction of sp³-hybridized carbons (Fsp3) is 0.667. The van der Waals surface area contributed by atoms with Gasteiger partial charge in [0.2, 0.25) is 5.88 Å². The van der Waals surface area contributed by atoms with Gasteiger partial charge in [0.25, 0.3) is 5.56 Å². The predicted octanol–water partition coefficient (Wildman–Crippen LogP) is 2.88. The fourth-order valence-electron chi connectivity index (χ4n) is 1.43. The molecule has 0 spiro atoms. The van der Waals surface area contributed by atoms with Gasteiger partial charge < -0.3 is 10.1 Å². The Morgan fingerprint density at radius 2 is 2.00 bits per heavy atom. The number of aromatic amines is 1. The lowest BCUT2D eigenvalue weighted by atomic mass is 10.0. The summed E-state index contributed by atoms with van der Waals surface area (Å²) in [5.74, 6) is -0.109. The van der Waals surface area contributed by atoms with E-state index in [0.29, 0.717) is 16.0 Å². The number of H-pyrrole nitrogens is 1. The third-order valence-corrected chi connectivity index (χ3v) is 4.06. The molecule has 0 saturated heterocycles. The number of aromatic nitrogens is 2. The Morgan fingerprint density at radius 3 is 2.47 bits per heavy atom. The van der Waals surface area contributed by atoms with Crippen LogP contribution in [0.15, 0.2) is 9.95 Å². The Labute approximate surface area is 106 Å². The van der Waals surface area contributed by atoms with Crippen molar-refractivity contribution in [2.45, 2.75) is 56.9 Å². The van der Waals surface area contributed by atoms with Crippen molar-refractivity contribution in [3.63, 3.8) is 0 Å². The molecule has 4 nitrogen and oxygen atoms in total. The van der Waals surface area contributed by atoms with Crippen molar-refractivity contribution in [1.82, 2.24) is 9.97 Å². The first-order valence-corrected chi connectivity index (χ1v) is 6.87. The summed E-state index contributed by atoms with van der Waals surface area (Å²) in [5, 5.41) is 10.7. The first kappa shape index (κ1) is 14.1. The van der Waals surface area contributed by atoms with E-state index in [4.69, 9.17) is 0 Å². The summed E-state index contributed by atoms with van der Waals surface area (Å²) in [6.45, 7) is 8.02. The monoisotopic (exact) mass is 256 g/mol. The molecule has 0 amide bonds. The molecule has 1 heterocycles. The molecule has 1 aromatic heterocycles. The molecule has 0 aliphatic heterocycles. The summed E-state index contributed by atoms with van der Waals surface area (Å²) in [5.41, 5.74) is 0.165. The number of aromatic hydroxyl groups is 1. The number of rotatable bonds is 5. The molecule has 17 heavy (non-hydrogen) atoms. The summed E-state index contributed by atoms with van der Waals surface area (Å²) in [6, 6.07) is 0. The molecule has 0 aromatic carbocycles. The second kappa shape index (κ2) is 6.10. The molecule has 0 fully saturated rings. The molecule has 0 aliphatic rings. The molecule has 2 atom stereocenters. The van der Waals surface area contributed by atoms with E-state index in [9.17, 15) is 9.90 Å². The topological polar surface area (TPSA) is 66.0 Å². The molecule has 1 aromatic rings. The lowest BCUT2D eigenvalue weighted by molar-refractivity contribution is 0.429. The smallest absolute Gasteiger partial charge is 0.258 e. The predicted molar refractivity (Wildman–Crippen MR) is 70.8 cm³/mol. The van der Waals surface area contributed by atoms with E-state index in [2.05, 4.69) is 23.8 Å². The van der Waals surface area contributed by atoms with Crippen molar-refractivity contribution in [2.75, 3.05) is 0 Å². The van der Waals surface area contributed by atoms with Gasteiger partial charge in [0.15, 0.2) is 5.16 Å². The fourth-order valence-corrected chi connectivity index (χ4v) is 2.27. The number of hydrogen-bond acceptors (Lipinski definition) is 4. The van der Waals surface area contributed by atoms with Crippen molar-refractivity contribution in [3.05, 3.63) is 15.9 Å². The quantitative estimate of drug-likeness (QED) is 0.628. The maximum absolute atomic E-state index is 11.9. The zero-order chi connectivity index (χ0) is 13.0. The van der Waals surface area contributed by atoms with Crippen molar-refractivity contribution in [2.24, 2.45) is 0 Å². The summed E-state index contributed by atoms with van der Waals surface area (Å²) >= 11 is 1.47. The van der Waals surface area contributed by atoms with Crippen molar-refractivity contribution >= 4 is 11.8 Å². The van der Waals surface area contributed by atoms with E-state index in [1.165, 1.54) is 11.8 Å². The average molecular weight is 256 g/mol. The van der Waals surface area contributed by atoms with E-state index >= 15 is 0 Å². The molecule has 0 unspecified atom stereocenters. The second-order valence-electron chi connectivity index (χ2n) is 4.25. The minimum Gasteiger partial charge on any atom is -0.493 e. The number of nitrogens with one attached hydrogen (secondary N) is 1. The summed E-state index contributed by atoms with van der Waals surface area (Å²) in [7, 11) is 0. The average Bonchev–Trinajstić information content (AvgIpc) is 2.27. The molecular formula is C12H20N2O2S. The molecular weight excluding hydrogens is 236 g/mol. The van der Waals surface area contributed by atoms with E-state index < -0.39 is 0 Å². The van der Waals surface area contributed by atoms with Crippen LogP contribution in [0.3, 0.4) is 0 Å². The first-order valence-electron chi connectivity index (χ1n) is 5.99. The second-order valence-corrected chi connectivity index (χ2v) is 5.68. The molecule has 1 rings (SSSR count). The Morgan fingerprint density at radius 1 is 1.35 bits per heavy atom. The highest BCUT2D eigenvalue weighted by Gasteiger charge is 2.16. The van der Waals surface area contributed by atoms with Crippen LogP contribution in [0, 0.1) is 0 Å². The SMILES string of the molecule is CC[C@@H](C)c1c(O)nc(S[C@@H](C)CC)[nH]c1=O. The van der Waals surface area contributed by atoms with Crippen LogP contribution in [0.4, 0.5) is 0 Å². The Hall–Kier alpha value is -0.970. The molecule has 0 radical (unpaired) electrons. The van der Waals surface area contributed by atoms with Gasteiger partial charge in [0.1, 0.15) is 0 Å². The maximum Gasteiger partial charge on any atom is 0.258 e. The normalized spacial score (nSPS) is 14.6. The number of nitrogens with zero attached hydrogens (tertiary/aromatic N) is 1. The summed E-state index contributed by atoms with van der Waals surface area (Å²) < 4.78 is 0. The van der Waals surface area contributed by atoms with Crippen molar-refractivity contribution < 1.29 is 5.11 Å². The van der Waals surface area contributed by atoms with Crippen molar-refractivity contribution in [3.8, 4) is 5.88 Å². The number of thioether (sulfide) groups is 1. The van der Waals surface area contributed by atoms with Crippen LogP contribution in [0.5, 0.6) is 5.88 Å². The standard InChI is InChI=1S/C12H20N2O2S/c1-5-7(3)9-10(15)13-12(14-11(9)16)17-8(4)6-2/h7-8H,5-6H2,1-4H3,(H2,13,14,15,16)/t7-,8+/m1/s1. The number of hydrogen-bond donors (Lipinski definition) is 2. The molecule has 5 heteroatoms. The lowest BCUT2D eigenvalue weighted by Crippen LogP contribution is -2.17. The van der Waals surface area contributed by atoms with Gasteiger partial charge >= 0.3 is 0 Å². The van der Waals surface area contributed by atoms with Gasteiger partial charge in [-0.25, -0.2) is 0 Å². The highest BCUT2D eigenvalue weighted by atomic mass is 32.2.